The quantitative estimate of drug-likeness (QED) is 0.525. The Morgan fingerprint density at radius 1 is 1.36 bits per heavy atom. The molecule has 0 N–H and O–H groups in total. The molecular formula is C14H26. The van der Waals surface area contributed by atoms with Crippen LogP contribution >= 0.6 is 0 Å². The lowest BCUT2D eigenvalue weighted by molar-refractivity contribution is 0.400. The summed E-state index contributed by atoms with van der Waals surface area (Å²) in [5, 5.41) is 0. The van der Waals surface area contributed by atoms with Crippen LogP contribution in [0.5, 0.6) is 0 Å². The van der Waals surface area contributed by atoms with Crippen LogP contribution in [0, 0.1) is 10.8 Å². The molecule has 1 fully saturated rings. The maximum absolute atomic E-state index is 4.24. The van der Waals surface area contributed by atoms with Crippen molar-refractivity contribution in [1.82, 2.24) is 0 Å². The summed E-state index contributed by atoms with van der Waals surface area (Å²) in [7, 11) is 0. The molecule has 1 rings (SSSR count). The van der Waals surface area contributed by atoms with Gasteiger partial charge in [0.15, 0.2) is 0 Å². The van der Waals surface area contributed by atoms with Gasteiger partial charge in [-0.3, -0.25) is 0 Å². The van der Waals surface area contributed by atoms with Crippen molar-refractivity contribution >= 4 is 0 Å². The zero-order chi connectivity index (χ0) is 10.8. The summed E-state index contributed by atoms with van der Waals surface area (Å²) >= 11 is 0. The molecule has 14 heavy (non-hydrogen) atoms. The maximum Gasteiger partial charge on any atom is -0.0150 e. The second kappa shape index (κ2) is 4.08. The first-order valence-corrected chi connectivity index (χ1v) is 6.08. The number of hydrogen-bond donors (Lipinski definition) is 0. The molecular weight excluding hydrogens is 168 g/mol. The molecule has 0 spiro atoms. The van der Waals surface area contributed by atoms with Gasteiger partial charge in [-0.1, -0.05) is 39.8 Å². The van der Waals surface area contributed by atoms with Crippen LogP contribution in [-0.4, -0.2) is 0 Å². The summed E-state index contributed by atoms with van der Waals surface area (Å²) in [6.45, 7) is 13.5. The smallest absolute Gasteiger partial charge is 0.0150 e. The van der Waals surface area contributed by atoms with Crippen molar-refractivity contribution < 1.29 is 0 Å². The first kappa shape index (κ1) is 11.8. The third kappa shape index (κ3) is 3.15. The molecule has 0 nitrogen and oxygen atoms in total. The van der Waals surface area contributed by atoms with Crippen LogP contribution in [0.1, 0.15) is 66.2 Å². The number of hydrogen-bond acceptors (Lipinski definition) is 0. The highest BCUT2D eigenvalue weighted by Crippen LogP contribution is 2.49. The van der Waals surface area contributed by atoms with Gasteiger partial charge in [0.2, 0.25) is 0 Å². The van der Waals surface area contributed by atoms with Crippen LogP contribution in [0.25, 0.3) is 0 Å². The van der Waals surface area contributed by atoms with E-state index in [2.05, 4.69) is 34.3 Å². The molecule has 1 aliphatic rings. The third-order valence-corrected chi connectivity index (χ3v) is 4.20. The molecule has 1 aliphatic carbocycles. The normalized spacial score (nSPS) is 19.4. The third-order valence-electron chi connectivity index (χ3n) is 4.20. The van der Waals surface area contributed by atoms with E-state index in [4.69, 9.17) is 0 Å². The van der Waals surface area contributed by atoms with Gasteiger partial charge in [0.25, 0.3) is 0 Å². The second-order valence-electron chi connectivity index (χ2n) is 6.01. The SMILES string of the molecule is C=C(CCCC1(C)CC1)C(C)(C)CC. The molecule has 0 saturated heterocycles. The molecule has 0 aromatic rings. The molecule has 0 atom stereocenters. The summed E-state index contributed by atoms with van der Waals surface area (Å²) < 4.78 is 0. The van der Waals surface area contributed by atoms with E-state index in [0.717, 1.165) is 5.41 Å². The fraction of sp³-hybridized carbons (Fsp3) is 0.857. The van der Waals surface area contributed by atoms with Gasteiger partial charge < -0.3 is 0 Å². The first-order valence-electron chi connectivity index (χ1n) is 6.08. The highest BCUT2D eigenvalue weighted by atomic mass is 14.4. The molecule has 0 aromatic heterocycles. The van der Waals surface area contributed by atoms with Gasteiger partial charge in [-0.05, 0) is 49.4 Å². The molecule has 0 aliphatic heterocycles. The highest BCUT2D eigenvalue weighted by Gasteiger charge is 2.36. The van der Waals surface area contributed by atoms with Crippen molar-refractivity contribution in [2.75, 3.05) is 0 Å². The Kier molecular flexibility index (Phi) is 3.44. The molecule has 0 unspecified atom stereocenters. The predicted octanol–water partition coefficient (Wildman–Crippen LogP) is 4.95. The van der Waals surface area contributed by atoms with Gasteiger partial charge in [0.1, 0.15) is 0 Å². The fourth-order valence-electron chi connectivity index (χ4n) is 1.78. The standard InChI is InChI=1S/C14H26/c1-6-13(3,4)12(2)8-7-9-14(5)10-11-14/h2,6-11H2,1,3-5H3. The Morgan fingerprint density at radius 2 is 1.93 bits per heavy atom. The van der Waals surface area contributed by atoms with E-state index in [1.54, 1.807) is 0 Å². The Labute approximate surface area is 89.8 Å². The van der Waals surface area contributed by atoms with Gasteiger partial charge >= 0.3 is 0 Å². The summed E-state index contributed by atoms with van der Waals surface area (Å²) in [5.41, 5.74) is 2.52. The minimum Gasteiger partial charge on any atom is -0.0993 e. The van der Waals surface area contributed by atoms with Crippen molar-refractivity contribution in [3.8, 4) is 0 Å². The van der Waals surface area contributed by atoms with Gasteiger partial charge in [-0.15, -0.1) is 0 Å². The molecule has 0 radical (unpaired) electrons. The van der Waals surface area contributed by atoms with E-state index in [0.29, 0.717) is 5.41 Å². The zero-order valence-corrected chi connectivity index (χ0v) is 10.4. The van der Waals surface area contributed by atoms with Gasteiger partial charge in [-0.25, -0.2) is 0 Å². The van der Waals surface area contributed by atoms with Crippen LogP contribution < -0.4 is 0 Å². The summed E-state index contributed by atoms with van der Waals surface area (Å²) in [6.07, 6.45) is 8.11. The van der Waals surface area contributed by atoms with Crippen LogP contribution in [0.15, 0.2) is 12.2 Å². The molecule has 0 heterocycles. The van der Waals surface area contributed by atoms with Crippen LogP contribution in [0.3, 0.4) is 0 Å². The Morgan fingerprint density at radius 3 is 2.36 bits per heavy atom. The molecule has 0 heteroatoms. The second-order valence-corrected chi connectivity index (χ2v) is 6.01. The molecule has 82 valence electrons. The minimum atomic E-state index is 0.352. The van der Waals surface area contributed by atoms with Crippen LogP contribution in [-0.2, 0) is 0 Å². The van der Waals surface area contributed by atoms with Crippen LogP contribution in [0.4, 0.5) is 0 Å². The summed E-state index contributed by atoms with van der Waals surface area (Å²) in [5.74, 6) is 0. The van der Waals surface area contributed by atoms with Crippen molar-refractivity contribution in [2.24, 2.45) is 10.8 Å². The lowest BCUT2D eigenvalue weighted by Gasteiger charge is -2.26. The van der Waals surface area contributed by atoms with E-state index in [9.17, 15) is 0 Å². The lowest BCUT2D eigenvalue weighted by atomic mass is 9.80. The Bertz CT molecular complexity index is 206. The van der Waals surface area contributed by atoms with Gasteiger partial charge in [0.05, 0.1) is 0 Å². The lowest BCUT2D eigenvalue weighted by Crippen LogP contribution is -2.12. The topological polar surface area (TPSA) is 0 Å². The average Bonchev–Trinajstić information content (AvgIpc) is 2.84. The molecule has 0 aromatic carbocycles. The largest absolute Gasteiger partial charge is 0.0993 e. The average molecular weight is 194 g/mol. The number of allylic oxidation sites excluding steroid dienone is 1. The summed E-state index contributed by atoms with van der Waals surface area (Å²) in [6, 6.07) is 0. The summed E-state index contributed by atoms with van der Waals surface area (Å²) in [4.78, 5) is 0. The van der Waals surface area contributed by atoms with E-state index in [-0.39, 0.29) is 0 Å². The minimum absolute atomic E-state index is 0.352. The Hall–Kier alpha value is -0.260. The van der Waals surface area contributed by atoms with E-state index in [1.165, 1.54) is 44.1 Å². The van der Waals surface area contributed by atoms with Crippen LogP contribution in [0.2, 0.25) is 0 Å². The fourth-order valence-corrected chi connectivity index (χ4v) is 1.78. The van der Waals surface area contributed by atoms with Gasteiger partial charge in [0, 0.05) is 0 Å². The first-order chi connectivity index (χ1) is 6.40. The maximum atomic E-state index is 4.24. The zero-order valence-electron chi connectivity index (χ0n) is 10.4. The van der Waals surface area contributed by atoms with Crippen molar-refractivity contribution in [1.29, 1.82) is 0 Å². The van der Waals surface area contributed by atoms with Crippen molar-refractivity contribution in [3.05, 3.63) is 12.2 Å². The molecule has 1 saturated carbocycles. The van der Waals surface area contributed by atoms with Crippen molar-refractivity contribution in [3.63, 3.8) is 0 Å². The monoisotopic (exact) mass is 194 g/mol. The molecule has 0 bridgehead atoms. The van der Waals surface area contributed by atoms with Gasteiger partial charge in [-0.2, -0.15) is 0 Å². The van der Waals surface area contributed by atoms with Crippen molar-refractivity contribution in [2.45, 2.75) is 66.2 Å². The Balaban J connectivity index is 2.21. The number of rotatable bonds is 6. The predicted molar refractivity (Wildman–Crippen MR) is 64.4 cm³/mol. The highest BCUT2D eigenvalue weighted by molar-refractivity contribution is 5.06. The molecule has 0 amide bonds. The van der Waals surface area contributed by atoms with E-state index >= 15 is 0 Å². The van der Waals surface area contributed by atoms with E-state index in [1.807, 2.05) is 0 Å². The van der Waals surface area contributed by atoms with E-state index < -0.39 is 0 Å².